The summed E-state index contributed by atoms with van der Waals surface area (Å²) in [4.78, 5) is 17.1. The molecule has 1 saturated heterocycles. The fourth-order valence-electron chi connectivity index (χ4n) is 4.89. The molecule has 0 unspecified atom stereocenters. The predicted molar refractivity (Wildman–Crippen MR) is 100 cm³/mol. The maximum absolute atomic E-state index is 13.0. The Morgan fingerprint density at radius 2 is 1.88 bits per heavy atom. The molecular formula is C21H30N2O3. The van der Waals surface area contributed by atoms with Crippen molar-refractivity contribution in [3.63, 3.8) is 0 Å². The van der Waals surface area contributed by atoms with Crippen LogP contribution in [0.15, 0.2) is 18.2 Å². The van der Waals surface area contributed by atoms with Crippen LogP contribution in [0.25, 0.3) is 0 Å². The van der Waals surface area contributed by atoms with Crippen molar-refractivity contribution in [3.05, 3.63) is 34.9 Å². The number of carbonyl (C=O) groups excluding carboxylic acids is 1. The first-order valence-corrected chi connectivity index (χ1v) is 10.0. The number of morpholine rings is 1. The SMILES string of the molecule is CN(C(=O)c1ccc2c(c1)CCCC2)[C@@H]1CC[C@@H](N2CCOCC2)[C@@H]1O. The average molecular weight is 358 g/mol. The van der Waals surface area contributed by atoms with Crippen LogP contribution in [-0.4, -0.2) is 72.4 Å². The molecule has 1 amide bonds. The van der Waals surface area contributed by atoms with E-state index in [4.69, 9.17) is 4.74 Å². The number of fused-ring (bicyclic) bond motifs is 1. The number of ether oxygens (including phenoxy) is 1. The first-order chi connectivity index (χ1) is 12.6. The lowest BCUT2D eigenvalue weighted by atomic mass is 9.90. The highest BCUT2D eigenvalue weighted by atomic mass is 16.5. The van der Waals surface area contributed by atoms with Gasteiger partial charge in [0.2, 0.25) is 0 Å². The average Bonchev–Trinajstić information content (AvgIpc) is 3.08. The van der Waals surface area contributed by atoms with Gasteiger partial charge in [-0.3, -0.25) is 9.69 Å². The molecule has 0 spiro atoms. The second-order valence-electron chi connectivity index (χ2n) is 7.96. The molecule has 4 rings (SSSR count). The molecule has 3 atom stereocenters. The Balaban J connectivity index is 1.45. The van der Waals surface area contributed by atoms with E-state index < -0.39 is 6.10 Å². The van der Waals surface area contributed by atoms with Gasteiger partial charge in [-0.25, -0.2) is 0 Å². The van der Waals surface area contributed by atoms with E-state index in [-0.39, 0.29) is 18.0 Å². The van der Waals surface area contributed by atoms with Gasteiger partial charge < -0.3 is 14.7 Å². The maximum Gasteiger partial charge on any atom is 0.253 e. The number of nitrogens with zero attached hydrogens (tertiary/aromatic N) is 2. The number of likely N-dealkylation sites (N-methyl/N-ethyl adjacent to an activating group) is 1. The van der Waals surface area contributed by atoms with Crippen molar-refractivity contribution in [2.75, 3.05) is 33.4 Å². The van der Waals surface area contributed by atoms with Gasteiger partial charge in [0.25, 0.3) is 5.91 Å². The first kappa shape index (κ1) is 18.0. The quantitative estimate of drug-likeness (QED) is 0.896. The Bertz CT molecular complexity index is 657. The number of carbonyl (C=O) groups is 1. The number of aryl methyl sites for hydroxylation is 2. The molecule has 0 aromatic heterocycles. The van der Waals surface area contributed by atoms with Crippen LogP contribution in [0.2, 0.25) is 0 Å². The van der Waals surface area contributed by atoms with Crippen molar-refractivity contribution >= 4 is 5.91 Å². The lowest BCUT2D eigenvalue weighted by Crippen LogP contribution is -2.51. The molecule has 1 N–H and O–H groups in total. The van der Waals surface area contributed by atoms with Crippen LogP contribution in [0.4, 0.5) is 0 Å². The van der Waals surface area contributed by atoms with Gasteiger partial charge in [0.15, 0.2) is 0 Å². The van der Waals surface area contributed by atoms with Crippen molar-refractivity contribution in [3.8, 4) is 0 Å². The number of hydrogen-bond donors (Lipinski definition) is 1. The van der Waals surface area contributed by atoms with Gasteiger partial charge in [-0.2, -0.15) is 0 Å². The summed E-state index contributed by atoms with van der Waals surface area (Å²) in [6, 6.07) is 6.20. The molecule has 26 heavy (non-hydrogen) atoms. The number of aliphatic hydroxyl groups is 1. The highest BCUT2D eigenvalue weighted by molar-refractivity contribution is 5.94. The lowest BCUT2D eigenvalue weighted by molar-refractivity contribution is -0.0231. The molecule has 1 aromatic carbocycles. The lowest BCUT2D eigenvalue weighted by Gasteiger charge is -2.36. The molecule has 0 bridgehead atoms. The normalized spacial score (nSPS) is 29.4. The minimum atomic E-state index is -0.486. The van der Waals surface area contributed by atoms with Gasteiger partial charge in [0.05, 0.1) is 25.4 Å². The second kappa shape index (κ2) is 7.67. The molecule has 142 valence electrons. The van der Waals surface area contributed by atoms with Crippen LogP contribution in [0.3, 0.4) is 0 Å². The zero-order valence-electron chi connectivity index (χ0n) is 15.7. The smallest absolute Gasteiger partial charge is 0.253 e. The number of aliphatic hydroxyl groups excluding tert-OH is 1. The third-order valence-electron chi connectivity index (χ3n) is 6.47. The van der Waals surface area contributed by atoms with Crippen molar-refractivity contribution in [1.82, 2.24) is 9.80 Å². The van der Waals surface area contributed by atoms with Gasteiger partial charge in [-0.15, -0.1) is 0 Å². The van der Waals surface area contributed by atoms with E-state index in [2.05, 4.69) is 17.0 Å². The van der Waals surface area contributed by atoms with E-state index in [1.807, 2.05) is 13.1 Å². The molecule has 1 saturated carbocycles. The zero-order chi connectivity index (χ0) is 18.1. The third kappa shape index (κ3) is 3.40. The summed E-state index contributed by atoms with van der Waals surface area (Å²) >= 11 is 0. The molecule has 3 aliphatic rings. The van der Waals surface area contributed by atoms with E-state index in [0.29, 0.717) is 0 Å². The van der Waals surface area contributed by atoms with Crippen molar-refractivity contribution in [2.45, 2.75) is 56.7 Å². The third-order valence-corrected chi connectivity index (χ3v) is 6.47. The fourth-order valence-corrected chi connectivity index (χ4v) is 4.89. The molecular weight excluding hydrogens is 328 g/mol. The Hall–Kier alpha value is -1.43. The van der Waals surface area contributed by atoms with Gasteiger partial charge in [-0.1, -0.05) is 6.07 Å². The maximum atomic E-state index is 13.0. The molecule has 5 nitrogen and oxygen atoms in total. The topological polar surface area (TPSA) is 53.0 Å². The molecule has 5 heteroatoms. The van der Waals surface area contributed by atoms with E-state index in [1.165, 1.54) is 24.0 Å². The van der Waals surface area contributed by atoms with Crippen LogP contribution < -0.4 is 0 Å². The number of rotatable bonds is 3. The molecule has 1 aromatic rings. The number of benzene rings is 1. The highest BCUT2D eigenvalue weighted by Gasteiger charge is 2.41. The summed E-state index contributed by atoms with van der Waals surface area (Å²) in [5.41, 5.74) is 3.48. The second-order valence-corrected chi connectivity index (χ2v) is 7.96. The summed E-state index contributed by atoms with van der Waals surface area (Å²) in [6.07, 6.45) is 5.97. The predicted octanol–water partition coefficient (Wildman–Crippen LogP) is 1.86. The van der Waals surface area contributed by atoms with Crippen LogP contribution >= 0.6 is 0 Å². The highest BCUT2D eigenvalue weighted by Crippen LogP contribution is 2.30. The largest absolute Gasteiger partial charge is 0.389 e. The Labute approximate surface area is 155 Å². The van der Waals surface area contributed by atoms with E-state index >= 15 is 0 Å². The minimum absolute atomic E-state index is 0.0325. The minimum Gasteiger partial charge on any atom is -0.389 e. The summed E-state index contributed by atoms with van der Waals surface area (Å²) in [5, 5.41) is 10.9. The van der Waals surface area contributed by atoms with Crippen LogP contribution in [0, 0.1) is 0 Å². The number of amides is 1. The molecule has 1 aliphatic heterocycles. The van der Waals surface area contributed by atoms with E-state index in [9.17, 15) is 9.90 Å². The fraction of sp³-hybridized carbons (Fsp3) is 0.667. The summed E-state index contributed by atoms with van der Waals surface area (Å²) in [6.45, 7) is 3.21. The van der Waals surface area contributed by atoms with Crippen molar-refractivity contribution in [2.24, 2.45) is 0 Å². The van der Waals surface area contributed by atoms with Crippen LogP contribution in [-0.2, 0) is 17.6 Å². The molecule has 2 aliphatic carbocycles. The van der Waals surface area contributed by atoms with Crippen LogP contribution in [0.5, 0.6) is 0 Å². The Morgan fingerprint density at radius 3 is 2.65 bits per heavy atom. The standard InChI is InChI=1S/C21H30N2O3/c1-22(18-8-9-19(20(18)24)23-10-12-26-13-11-23)21(25)17-7-6-15-4-2-3-5-16(15)14-17/h6-7,14,18-20,24H,2-5,8-13H2,1H3/t18-,19-,20-/m1/s1. The molecule has 0 radical (unpaired) electrons. The Morgan fingerprint density at radius 1 is 1.15 bits per heavy atom. The summed E-state index contributed by atoms with van der Waals surface area (Å²) < 4.78 is 5.42. The zero-order valence-corrected chi connectivity index (χ0v) is 15.7. The van der Waals surface area contributed by atoms with Gasteiger partial charge in [-0.05, 0) is 61.8 Å². The summed E-state index contributed by atoms with van der Waals surface area (Å²) in [5.74, 6) is 0.0325. The molecule has 2 fully saturated rings. The monoisotopic (exact) mass is 358 g/mol. The van der Waals surface area contributed by atoms with Gasteiger partial charge in [0.1, 0.15) is 0 Å². The van der Waals surface area contributed by atoms with Gasteiger partial charge >= 0.3 is 0 Å². The van der Waals surface area contributed by atoms with E-state index in [0.717, 1.165) is 57.6 Å². The summed E-state index contributed by atoms with van der Waals surface area (Å²) in [7, 11) is 1.84. The molecule has 1 heterocycles. The van der Waals surface area contributed by atoms with Crippen LogP contribution in [0.1, 0.15) is 47.2 Å². The van der Waals surface area contributed by atoms with E-state index in [1.54, 1.807) is 4.90 Å². The van der Waals surface area contributed by atoms with Crippen molar-refractivity contribution in [1.29, 1.82) is 0 Å². The van der Waals surface area contributed by atoms with Gasteiger partial charge in [0, 0.05) is 31.7 Å². The number of hydrogen-bond acceptors (Lipinski definition) is 4. The Kier molecular flexibility index (Phi) is 5.30. The van der Waals surface area contributed by atoms with Crippen molar-refractivity contribution < 1.29 is 14.6 Å². The first-order valence-electron chi connectivity index (χ1n) is 10.0.